The first-order valence-corrected chi connectivity index (χ1v) is 8.99. The van der Waals surface area contributed by atoms with Crippen molar-refractivity contribution in [2.75, 3.05) is 19.5 Å². The third-order valence-electron chi connectivity index (χ3n) is 4.09. The van der Waals surface area contributed by atoms with Crippen molar-refractivity contribution in [2.24, 2.45) is 0 Å². The highest BCUT2D eigenvalue weighted by atomic mass is 32.1. The van der Waals surface area contributed by atoms with Crippen LogP contribution in [0.4, 0.5) is 15.9 Å². The maximum absolute atomic E-state index is 13.2. The van der Waals surface area contributed by atoms with E-state index >= 15 is 0 Å². The fraction of sp³-hybridized carbons (Fsp3) is 0.100. The topological polar surface area (TPSA) is 56.3 Å². The molecule has 0 amide bonds. The van der Waals surface area contributed by atoms with Gasteiger partial charge in [0.2, 0.25) is 0 Å². The molecule has 27 heavy (non-hydrogen) atoms. The molecule has 0 saturated carbocycles. The van der Waals surface area contributed by atoms with Crippen LogP contribution in [-0.2, 0) is 0 Å². The lowest BCUT2D eigenvalue weighted by molar-refractivity contribution is 0.355. The van der Waals surface area contributed by atoms with Crippen molar-refractivity contribution >= 4 is 33.1 Å². The predicted molar refractivity (Wildman–Crippen MR) is 106 cm³/mol. The molecule has 0 atom stereocenters. The van der Waals surface area contributed by atoms with Crippen LogP contribution in [0.1, 0.15) is 0 Å². The van der Waals surface area contributed by atoms with Gasteiger partial charge in [-0.15, -0.1) is 11.3 Å². The van der Waals surface area contributed by atoms with Gasteiger partial charge in [0, 0.05) is 16.6 Å². The lowest BCUT2D eigenvalue weighted by atomic mass is 10.2. The van der Waals surface area contributed by atoms with Crippen LogP contribution in [0, 0.1) is 5.82 Å². The van der Waals surface area contributed by atoms with Crippen molar-refractivity contribution in [3.63, 3.8) is 0 Å². The molecule has 4 aromatic rings. The number of nitrogens with zero attached hydrogens (tertiary/aromatic N) is 2. The van der Waals surface area contributed by atoms with Crippen LogP contribution in [0.15, 0.2) is 54.9 Å². The van der Waals surface area contributed by atoms with Crippen LogP contribution in [0.3, 0.4) is 0 Å². The minimum atomic E-state index is -0.254. The van der Waals surface area contributed by atoms with Crippen LogP contribution in [0.5, 0.6) is 11.5 Å². The van der Waals surface area contributed by atoms with Crippen molar-refractivity contribution in [1.29, 1.82) is 0 Å². The maximum atomic E-state index is 13.2. The maximum Gasteiger partial charge on any atom is 0.162 e. The van der Waals surface area contributed by atoms with Crippen LogP contribution in [-0.4, -0.2) is 24.2 Å². The Bertz CT molecular complexity index is 1100. The second-order valence-electron chi connectivity index (χ2n) is 5.75. The van der Waals surface area contributed by atoms with E-state index in [0.29, 0.717) is 17.3 Å². The predicted octanol–water partition coefficient (Wildman–Crippen LogP) is 5.26. The molecule has 0 fully saturated rings. The number of hydrogen-bond donors (Lipinski definition) is 1. The van der Waals surface area contributed by atoms with Crippen molar-refractivity contribution in [1.82, 2.24) is 9.97 Å². The van der Waals surface area contributed by atoms with Gasteiger partial charge in [0.15, 0.2) is 17.3 Å². The van der Waals surface area contributed by atoms with Gasteiger partial charge in [-0.25, -0.2) is 14.4 Å². The molecule has 0 aliphatic carbocycles. The first kappa shape index (κ1) is 17.2. The largest absolute Gasteiger partial charge is 0.493 e. The lowest BCUT2D eigenvalue weighted by Gasteiger charge is -2.11. The van der Waals surface area contributed by atoms with Gasteiger partial charge < -0.3 is 14.8 Å². The Morgan fingerprint density at radius 2 is 1.70 bits per heavy atom. The molecule has 0 radical (unpaired) electrons. The molecule has 0 saturated heterocycles. The molecule has 0 spiro atoms. The van der Waals surface area contributed by atoms with Crippen LogP contribution in [0.2, 0.25) is 0 Å². The van der Waals surface area contributed by atoms with E-state index in [1.807, 2.05) is 24.3 Å². The molecule has 2 aromatic carbocycles. The molecule has 0 aliphatic heterocycles. The quantitative estimate of drug-likeness (QED) is 0.511. The Labute approximate surface area is 159 Å². The Hall–Kier alpha value is -3.19. The van der Waals surface area contributed by atoms with Gasteiger partial charge in [0.25, 0.3) is 0 Å². The summed E-state index contributed by atoms with van der Waals surface area (Å²) in [6.45, 7) is 0. The van der Waals surface area contributed by atoms with E-state index < -0.39 is 0 Å². The normalized spacial score (nSPS) is 10.8. The van der Waals surface area contributed by atoms with Crippen molar-refractivity contribution in [3.8, 4) is 21.9 Å². The molecule has 7 heteroatoms. The Morgan fingerprint density at radius 3 is 2.44 bits per heavy atom. The first-order chi connectivity index (χ1) is 13.2. The fourth-order valence-electron chi connectivity index (χ4n) is 2.75. The van der Waals surface area contributed by atoms with Gasteiger partial charge in [0.05, 0.1) is 24.4 Å². The van der Waals surface area contributed by atoms with Gasteiger partial charge in [-0.3, -0.25) is 0 Å². The number of fused-ring (bicyclic) bond motifs is 1. The summed E-state index contributed by atoms with van der Waals surface area (Å²) in [5.74, 6) is 1.73. The van der Waals surface area contributed by atoms with Crippen molar-refractivity contribution in [2.45, 2.75) is 0 Å². The molecule has 4 rings (SSSR count). The van der Waals surface area contributed by atoms with Gasteiger partial charge >= 0.3 is 0 Å². The van der Waals surface area contributed by atoms with Gasteiger partial charge in [-0.05, 0) is 35.9 Å². The molecule has 0 bridgehead atoms. The molecule has 2 aromatic heterocycles. The van der Waals surface area contributed by atoms with Crippen LogP contribution in [0.25, 0.3) is 20.7 Å². The van der Waals surface area contributed by atoms with Crippen LogP contribution >= 0.6 is 11.3 Å². The zero-order chi connectivity index (χ0) is 18.8. The average molecular weight is 381 g/mol. The summed E-state index contributed by atoms with van der Waals surface area (Å²) in [4.78, 5) is 9.73. The highest BCUT2D eigenvalue weighted by Gasteiger charge is 2.12. The minimum Gasteiger partial charge on any atom is -0.493 e. The molecular weight excluding hydrogens is 365 g/mol. The molecule has 1 N–H and O–H groups in total. The number of thiophene rings is 1. The number of hydrogen-bond acceptors (Lipinski definition) is 6. The molecule has 5 nitrogen and oxygen atoms in total. The monoisotopic (exact) mass is 381 g/mol. The summed E-state index contributed by atoms with van der Waals surface area (Å²) < 4.78 is 24.7. The number of aromatic nitrogens is 2. The third kappa shape index (κ3) is 3.41. The zero-order valence-corrected chi connectivity index (χ0v) is 15.5. The summed E-state index contributed by atoms with van der Waals surface area (Å²) in [5.41, 5.74) is 2.60. The van der Waals surface area contributed by atoms with Crippen LogP contribution < -0.4 is 14.8 Å². The molecule has 136 valence electrons. The molecule has 2 heterocycles. The summed E-state index contributed by atoms with van der Waals surface area (Å²) in [6, 6.07) is 14.0. The standard InChI is InChI=1S/C20H16FN3O2S/c1-25-16-8-7-14(9-17(16)26-2)24-20-19-15(22-11-23-20)10-18(27-19)12-3-5-13(21)6-4-12/h3-11H,1-2H3,(H,22,23,24). The number of methoxy groups -OCH3 is 2. The zero-order valence-electron chi connectivity index (χ0n) is 14.7. The molecule has 0 unspecified atom stereocenters. The highest BCUT2D eigenvalue weighted by molar-refractivity contribution is 7.22. The van der Waals surface area contributed by atoms with Gasteiger partial charge in [-0.1, -0.05) is 12.1 Å². The smallest absolute Gasteiger partial charge is 0.162 e. The van der Waals surface area contributed by atoms with E-state index in [1.165, 1.54) is 18.5 Å². The second kappa shape index (κ2) is 7.20. The fourth-order valence-corrected chi connectivity index (χ4v) is 3.81. The van der Waals surface area contributed by atoms with E-state index in [1.54, 1.807) is 37.7 Å². The van der Waals surface area contributed by atoms with Gasteiger partial charge in [0.1, 0.15) is 12.1 Å². The number of nitrogens with one attached hydrogen (secondary N) is 1. The van der Waals surface area contributed by atoms with E-state index in [2.05, 4.69) is 15.3 Å². The number of rotatable bonds is 5. The summed E-state index contributed by atoms with van der Waals surface area (Å²) in [5, 5.41) is 3.31. The van der Waals surface area contributed by atoms with E-state index in [0.717, 1.165) is 26.3 Å². The molecular formula is C20H16FN3O2S. The summed E-state index contributed by atoms with van der Waals surface area (Å²) >= 11 is 1.55. The molecule has 0 aliphatic rings. The lowest BCUT2D eigenvalue weighted by Crippen LogP contribution is -1.96. The Kier molecular flexibility index (Phi) is 4.60. The third-order valence-corrected chi connectivity index (χ3v) is 5.27. The highest BCUT2D eigenvalue weighted by Crippen LogP contribution is 2.37. The van der Waals surface area contributed by atoms with E-state index in [9.17, 15) is 4.39 Å². The Balaban J connectivity index is 1.71. The SMILES string of the molecule is COc1ccc(Nc2ncnc3cc(-c4ccc(F)cc4)sc23)cc1OC. The average Bonchev–Trinajstić information content (AvgIpc) is 3.14. The second-order valence-corrected chi connectivity index (χ2v) is 6.80. The number of halogens is 1. The van der Waals surface area contributed by atoms with Crippen molar-refractivity contribution in [3.05, 3.63) is 60.7 Å². The number of ether oxygens (including phenoxy) is 2. The summed E-state index contributed by atoms with van der Waals surface area (Å²) in [6.07, 6.45) is 1.52. The Morgan fingerprint density at radius 1 is 0.926 bits per heavy atom. The first-order valence-electron chi connectivity index (χ1n) is 8.17. The van der Waals surface area contributed by atoms with Gasteiger partial charge in [-0.2, -0.15) is 0 Å². The van der Waals surface area contributed by atoms with E-state index in [4.69, 9.17) is 9.47 Å². The van der Waals surface area contributed by atoms with E-state index in [-0.39, 0.29) is 5.82 Å². The number of anilines is 2. The van der Waals surface area contributed by atoms with Crippen molar-refractivity contribution < 1.29 is 13.9 Å². The minimum absolute atomic E-state index is 0.254. The summed E-state index contributed by atoms with van der Waals surface area (Å²) in [7, 11) is 3.19. The number of benzene rings is 2.